The van der Waals surface area contributed by atoms with E-state index >= 15 is 0 Å². The molecule has 2 rings (SSSR count). The number of rotatable bonds is 0. The first-order chi connectivity index (χ1) is 5.77. The smallest absolute Gasteiger partial charge is 0.102 e. The molecule has 0 amide bonds. The topological polar surface area (TPSA) is 0 Å². The van der Waals surface area contributed by atoms with Gasteiger partial charge in [-0.1, -0.05) is 24.3 Å². The molecule has 0 spiro atoms. The van der Waals surface area contributed by atoms with Crippen molar-refractivity contribution in [2.75, 3.05) is 0 Å². The molecule has 0 N–H and O–H groups in total. The summed E-state index contributed by atoms with van der Waals surface area (Å²) in [4.78, 5) is 1.29. The monoisotopic (exact) mass is 196 g/mol. The number of benzene rings is 1. The molecule has 1 atom stereocenters. The highest BCUT2D eigenvalue weighted by atomic mass is 35.5. The third-order valence-corrected chi connectivity index (χ3v) is 3.30. The predicted octanol–water partition coefficient (Wildman–Crippen LogP) is 3.76. The number of alkyl halides is 1. The van der Waals surface area contributed by atoms with Gasteiger partial charge in [-0.3, -0.25) is 0 Å². The van der Waals surface area contributed by atoms with Crippen molar-refractivity contribution < 1.29 is 0 Å². The number of hydrogen-bond donors (Lipinski definition) is 0. The number of halogens is 1. The molecule has 0 fully saturated rings. The lowest BCUT2D eigenvalue weighted by Crippen LogP contribution is -1.97. The third kappa shape index (κ3) is 1.39. The average molecular weight is 197 g/mol. The molecule has 1 aromatic carbocycles. The van der Waals surface area contributed by atoms with Gasteiger partial charge in [0.05, 0.1) is 0 Å². The van der Waals surface area contributed by atoms with E-state index in [1.807, 2.05) is 6.07 Å². The van der Waals surface area contributed by atoms with Crippen LogP contribution in [-0.2, 0) is 0 Å². The van der Waals surface area contributed by atoms with Gasteiger partial charge in [0.15, 0.2) is 0 Å². The predicted molar refractivity (Wildman–Crippen MR) is 55.6 cm³/mol. The fourth-order valence-electron chi connectivity index (χ4n) is 1.34. The van der Waals surface area contributed by atoms with Gasteiger partial charge >= 0.3 is 0 Å². The zero-order valence-corrected chi connectivity index (χ0v) is 8.32. The molecule has 1 aromatic rings. The van der Waals surface area contributed by atoms with Crippen LogP contribution in [0, 0.1) is 0 Å². The molecular weight excluding hydrogens is 188 g/mol. The summed E-state index contributed by atoms with van der Waals surface area (Å²) in [5.74, 6) is 0. The highest BCUT2D eigenvalue weighted by Crippen LogP contribution is 2.38. The molecule has 1 aliphatic rings. The first-order valence-corrected chi connectivity index (χ1v) is 5.17. The van der Waals surface area contributed by atoms with Gasteiger partial charge < -0.3 is 0 Å². The minimum absolute atomic E-state index is 0.0971. The van der Waals surface area contributed by atoms with Crippen LogP contribution in [0.25, 0.3) is 5.57 Å². The van der Waals surface area contributed by atoms with E-state index < -0.39 is 0 Å². The molecule has 1 unspecified atom stereocenters. The molecule has 0 saturated carbocycles. The first kappa shape index (κ1) is 8.21. The molecular formula is C10H9ClS. The second-order valence-electron chi connectivity index (χ2n) is 2.81. The van der Waals surface area contributed by atoms with Crippen LogP contribution in [0.1, 0.15) is 12.5 Å². The van der Waals surface area contributed by atoms with E-state index in [4.69, 9.17) is 11.6 Å². The lowest BCUT2D eigenvalue weighted by Gasteiger charge is -2.17. The molecule has 0 aromatic heterocycles. The van der Waals surface area contributed by atoms with Crippen LogP contribution in [-0.4, -0.2) is 4.71 Å². The Labute approximate surface area is 81.6 Å². The molecule has 0 saturated heterocycles. The zero-order chi connectivity index (χ0) is 8.55. The van der Waals surface area contributed by atoms with Gasteiger partial charge in [-0.25, -0.2) is 0 Å². The fourth-order valence-corrected chi connectivity index (χ4v) is 2.84. The van der Waals surface area contributed by atoms with Gasteiger partial charge in [0, 0.05) is 4.90 Å². The molecule has 0 aliphatic carbocycles. The highest BCUT2D eigenvalue weighted by Gasteiger charge is 2.14. The van der Waals surface area contributed by atoms with Crippen molar-refractivity contribution in [3.05, 3.63) is 35.9 Å². The molecule has 2 heteroatoms. The van der Waals surface area contributed by atoms with E-state index in [9.17, 15) is 0 Å². The van der Waals surface area contributed by atoms with Crippen molar-refractivity contribution in [2.24, 2.45) is 0 Å². The zero-order valence-electron chi connectivity index (χ0n) is 6.75. The summed E-state index contributed by atoms with van der Waals surface area (Å²) in [6.07, 6.45) is 2.09. The Morgan fingerprint density at radius 1 is 1.33 bits per heavy atom. The van der Waals surface area contributed by atoms with Crippen LogP contribution >= 0.6 is 23.4 Å². The molecule has 1 aliphatic heterocycles. The molecule has 0 radical (unpaired) electrons. The Kier molecular flexibility index (Phi) is 2.16. The SMILES string of the molecule is CC1=CC(Cl)Sc2ccccc21. The van der Waals surface area contributed by atoms with Crippen LogP contribution < -0.4 is 0 Å². The highest BCUT2D eigenvalue weighted by molar-refractivity contribution is 8.01. The van der Waals surface area contributed by atoms with Crippen molar-refractivity contribution in [1.29, 1.82) is 0 Å². The van der Waals surface area contributed by atoms with E-state index in [2.05, 4.69) is 31.2 Å². The Hall–Kier alpha value is -0.400. The van der Waals surface area contributed by atoms with Gasteiger partial charge in [-0.15, -0.1) is 23.4 Å². The summed E-state index contributed by atoms with van der Waals surface area (Å²) in [7, 11) is 0. The van der Waals surface area contributed by atoms with Gasteiger partial charge in [0.25, 0.3) is 0 Å². The van der Waals surface area contributed by atoms with Crippen LogP contribution in [0.2, 0.25) is 0 Å². The van der Waals surface area contributed by atoms with Crippen LogP contribution in [0.5, 0.6) is 0 Å². The van der Waals surface area contributed by atoms with Crippen molar-refractivity contribution >= 4 is 28.9 Å². The maximum atomic E-state index is 6.03. The molecule has 1 heterocycles. The van der Waals surface area contributed by atoms with Gasteiger partial charge in [-0.2, -0.15) is 0 Å². The average Bonchev–Trinajstić information content (AvgIpc) is 2.04. The normalized spacial score (nSPS) is 21.5. The van der Waals surface area contributed by atoms with Crippen LogP contribution in [0.3, 0.4) is 0 Å². The van der Waals surface area contributed by atoms with Crippen molar-refractivity contribution in [3.63, 3.8) is 0 Å². The molecule has 0 nitrogen and oxygen atoms in total. The largest absolute Gasteiger partial charge is 0.106 e. The lowest BCUT2D eigenvalue weighted by atomic mass is 10.1. The number of allylic oxidation sites excluding steroid dienone is 1. The van der Waals surface area contributed by atoms with Crippen molar-refractivity contribution in [3.8, 4) is 0 Å². The number of fused-ring (bicyclic) bond motifs is 1. The van der Waals surface area contributed by atoms with Crippen molar-refractivity contribution in [2.45, 2.75) is 16.5 Å². The van der Waals surface area contributed by atoms with Gasteiger partial charge in [0.1, 0.15) is 4.71 Å². The minimum Gasteiger partial charge on any atom is -0.106 e. The first-order valence-electron chi connectivity index (χ1n) is 3.86. The summed E-state index contributed by atoms with van der Waals surface area (Å²) < 4.78 is 0.0971. The van der Waals surface area contributed by atoms with E-state index in [1.54, 1.807) is 11.8 Å². The second-order valence-corrected chi connectivity index (χ2v) is 4.73. The summed E-state index contributed by atoms with van der Waals surface area (Å²) >= 11 is 7.73. The maximum Gasteiger partial charge on any atom is 0.102 e. The third-order valence-electron chi connectivity index (χ3n) is 1.93. The molecule has 12 heavy (non-hydrogen) atoms. The molecule has 62 valence electrons. The quantitative estimate of drug-likeness (QED) is 0.570. The standard InChI is InChI=1S/C10H9ClS/c1-7-6-10(11)12-9-5-3-2-4-8(7)9/h2-6,10H,1H3. The Bertz CT molecular complexity index is 330. The van der Waals surface area contributed by atoms with Crippen molar-refractivity contribution in [1.82, 2.24) is 0 Å². The van der Waals surface area contributed by atoms with E-state index in [1.165, 1.54) is 16.0 Å². The van der Waals surface area contributed by atoms with Crippen LogP contribution in [0.4, 0.5) is 0 Å². The second kappa shape index (κ2) is 3.15. The Morgan fingerprint density at radius 2 is 2.08 bits per heavy atom. The minimum atomic E-state index is 0.0971. The van der Waals surface area contributed by atoms with E-state index in [0.29, 0.717) is 0 Å². The Balaban J connectivity index is 2.53. The van der Waals surface area contributed by atoms with Gasteiger partial charge in [-0.05, 0) is 24.1 Å². The van der Waals surface area contributed by atoms with Crippen LogP contribution in [0.15, 0.2) is 35.2 Å². The Morgan fingerprint density at radius 3 is 2.92 bits per heavy atom. The van der Waals surface area contributed by atoms with Gasteiger partial charge in [0.2, 0.25) is 0 Å². The van der Waals surface area contributed by atoms with E-state index in [0.717, 1.165) is 0 Å². The summed E-state index contributed by atoms with van der Waals surface area (Å²) in [5.41, 5.74) is 2.60. The number of thioether (sulfide) groups is 1. The summed E-state index contributed by atoms with van der Waals surface area (Å²) in [6.45, 7) is 2.11. The molecule has 0 bridgehead atoms. The lowest BCUT2D eigenvalue weighted by molar-refractivity contribution is 1.34. The summed E-state index contributed by atoms with van der Waals surface area (Å²) in [5, 5.41) is 0. The van der Waals surface area contributed by atoms with E-state index in [-0.39, 0.29) is 4.71 Å². The fraction of sp³-hybridized carbons (Fsp3) is 0.200. The summed E-state index contributed by atoms with van der Waals surface area (Å²) in [6, 6.07) is 8.36. The maximum absolute atomic E-state index is 6.03. The number of hydrogen-bond acceptors (Lipinski definition) is 1.